The normalized spacial score (nSPS) is 22.3. The van der Waals surface area contributed by atoms with Gasteiger partial charge in [0, 0.05) is 0 Å². The van der Waals surface area contributed by atoms with Gasteiger partial charge in [0.15, 0.2) is 0 Å². The van der Waals surface area contributed by atoms with Gasteiger partial charge in [-0.05, 0) is 47.0 Å². The van der Waals surface area contributed by atoms with Crippen LogP contribution in [0, 0.1) is 5.82 Å². The minimum absolute atomic E-state index is 0.228. The number of urea groups is 1. The number of carbonyl (C=O) groups excluding carboxylic acids is 2. The van der Waals surface area contributed by atoms with Crippen LogP contribution in [0.25, 0.3) is 0 Å². The molecule has 2 atom stereocenters. The molecular weight excluding hydrogens is 319 g/mol. The number of hydrogen-bond acceptors (Lipinski definition) is 4. The molecule has 7 heteroatoms. The molecule has 0 radical (unpaired) electrons. The van der Waals surface area contributed by atoms with Crippen molar-refractivity contribution in [3.63, 3.8) is 0 Å². The first kappa shape index (κ1) is 15.6. The van der Waals surface area contributed by atoms with Crippen molar-refractivity contribution < 1.29 is 19.1 Å². The van der Waals surface area contributed by atoms with E-state index >= 15 is 0 Å². The molecule has 1 aromatic carbocycles. The van der Waals surface area contributed by atoms with Crippen LogP contribution in [0.3, 0.4) is 0 Å². The SMILES string of the molecule is C[C@@]1(c2ccsc2)NC(=O)N(C[C@H](O)c2cccc(F)c2)C1=O. The molecule has 0 aliphatic carbocycles. The number of carbonyl (C=O) groups is 2. The van der Waals surface area contributed by atoms with E-state index in [0.29, 0.717) is 11.1 Å². The van der Waals surface area contributed by atoms with E-state index in [1.54, 1.807) is 24.4 Å². The summed E-state index contributed by atoms with van der Waals surface area (Å²) in [6.45, 7) is 1.40. The first-order valence-corrected chi connectivity index (χ1v) is 7.96. The molecule has 2 heterocycles. The molecule has 2 N–H and O–H groups in total. The lowest BCUT2D eigenvalue weighted by Gasteiger charge is -2.22. The maximum atomic E-state index is 13.2. The van der Waals surface area contributed by atoms with Crippen molar-refractivity contribution in [3.05, 3.63) is 58.0 Å². The van der Waals surface area contributed by atoms with Crippen LogP contribution in [0.2, 0.25) is 0 Å². The highest BCUT2D eigenvalue weighted by molar-refractivity contribution is 7.08. The molecule has 23 heavy (non-hydrogen) atoms. The van der Waals surface area contributed by atoms with Crippen LogP contribution in [0.5, 0.6) is 0 Å². The highest BCUT2D eigenvalue weighted by Crippen LogP contribution is 2.31. The lowest BCUT2D eigenvalue weighted by Crippen LogP contribution is -2.41. The van der Waals surface area contributed by atoms with Crippen LogP contribution in [0.4, 0.5) is 9.18 Å². The van der Waals surface area contributed by atoms with Gasteiger partial charge in [-0.15, -0.1) is 0 Å². The van der Waals surface area contributed by atoms with Crippen molar-refractivity contribution in [1.29, 1.82) is 0 Å². The molecule has 1 aliphatic heterocycles. The standard InChI is InChI=1S/C16H15FN2O3S/c1-16(11-5-6-23-9-11)14(21)19(15(22)18-16)8-13(20)10-3-2-4-12(17)7-10/h2-7,9,13,20H,8H2,1H3,(H,18,22)/t13-,16-/m0/s1. The van der Waals surface area contributed by atoms with Gasteiger partial charge in [0.1, 0.15) is 11.4 Å². The Kier molecular flexibility index (Phi) is 3.91. The Bertz CT molecular complexity index is 750. The molecule has 3 rings (SSSR count). The van der Waals surface area contributed by atoms with Gasteiger partial charge in [-0.2, -0.15) is 11.3 Å². The average Bonchev–Trinajstić information content (AvgIpc) is 3.12. The van der Waals surface area contributed by atoms with Gasteiger partial charge in [-0.3, -0.25) is 9.69 Å². The number of benzene rings is 1. The summed E-state index contributed by atoms with van der Waals surface area (Å²) in [6.07, 6.45) is -1.15. The Morgan fingerprint density at radius 1 is 1.39 bits per heavy atom. The molecule has 0 spiro atoms. The fraction of sp³-hybridized carbons (Fsp3) is 0.250. The number of amides is 3. The van der Waals surface area contributed by atoms with Gasteiger partial charge in [-0.1, -0.05) is 12.1 Å². The minimum atomic E-state index is -1.15. The number of imide groups is 1. The zero-order valence-corrected chi connectivity index (χ0v) is 13.1. The van der Waals surface area contributed by atoms with E-state index in [-0.39, 0.29) is 6.54 Å². The van der Waals surface area contributed by atoms with Gasteiger partial charge in [-0.25, -0.2) is 9.18 Å². The number of hydrogen-bond donors (Lipinski definition) is 2. The third-order valence-corrected chi connectivity index (χ3v) is 4.65. The van der Waals surface area contributed by atoms with E-state index in [2.05, 4.69) is 5.32 Å². The Hall–Kier alpha value is -2.25. The van der Waals surface area contributed by atoms with Crippen molar-refractivity contribution >= 4 is 23.3 Å². The highest BCUT2D eigenvalue weighted by atomic mass is 32.1. The maximum Gasteiger partial charge on any atom is 0.325 e. The molecule has 1 aromatic heterocycles. The third kappa shape index (κ3) is 2.73. The van der Waals surface area contributed by atoms with Crippen LogP contribution in [0.1, 0.15) is 24.2 Å². The Balaban J connectivity index is 1.81. The van der Waals surface area contributed by atoms with Gasteiger partial charge in [0.2, 0.25) is 0 Å². The van der Waals surface area contributed by atoms with E-state index in [4.69, 9.17) is 0 Å². The summed E-state index contributed by atoms with van der Waals surface area (Å²) in [7, 11) is 0. The molecule has 120 valence electrons. The lowest BCUT2D eigenvalue weighted by molar-refractivity contribution is -0.132. The first-order valence-electron chi connectivity index (χ1n) is 7.02. The average molecular weight is 334 g/mol. The number of β-amino-alcohol motifs (C(OH)–C–C–N with tert-alkyl or cyclic N) is 1. The summed E-state index contributed by atoms with van der Waals surface area (Å²) >= 11 is 1.43. The predicted octanol–water partition coefficient (Wildman–Crippen LogP) is 2.39. The van der Waals surface area contributed by atoms with Crippen LogP contribution < -0.4 is 5.32 Å². The molecule has 1 fully saturated rings. The highest BCUT2D eigenvalue weighted by Gasteiger charge is 2.49. The monoisotopic (exact) mass is 334 g/mol. The fourth-order valence-electron chi connectivity index (χ4n) is 2.60. The van der Waals surface area contributed by atoms with Crippen molar-refractivity contribution in [3.8, 4) is 0 Å². The van der Waals surface area contributed by atoms with Gasteiger partial charge >= 0.3 is 6.03 Å². The lowest BCUT2D eigenvalue weighted by atomic mass is 9.95. The number of nitrogens with one attached hydrogen (secondary N) is 1. The smallest absolute Gasteiger partial charge is 0.325 e. The molecule has 3 amide bonds. The second kappa shape index (κ2) is 5.75. The molecule has 1 saturated heterocycles. The van der Waals surface area contributed by atoms with Gasteiger partial charge in [0.05, 0.1) is 12.6 Å². The first-order chi connectivity index (χ1) is 10.9. The maximum absolute atomic E-state index is 13.2. The van der Waals surface area contributed by atoms with E-state index < -0.39 is 29.4 Å². The van der Waals surface area contributed by atoms with Gasteiger partial charge < -0.3 is 10.4 Å². The summed E-state index contributed by atoms with van der Waals surface area (Å²) in [4.78, 5) is 25.7. The minimum Gasteiger partial charge on any atom is -0.387 e. The molecule has 0 bridgehead atoms. The molecule has 5 nitrogen and oxygen atoms in total. The Morgan fingerprint density at radius 2 is 2.17 bits per heavy atom. The molecule has 0 saturated carbocycles. The quantitative estimate of drug-likeness (QED) is 0.844. The number of aliphatic hydroxyl groups is 1. The summed E-state index contributed by atoms with van der Waals surface area (Å²) < 4.78 is 13.2. The van der Waals surface area contributed by atoms with E-state index in [9.17, 15) is 19.1 Å². The topological polar surface area (TPSA) is 69.6 Å². The molecule has 1 aliphatic rings. The number of aliphatic hydroxyl groups excluding tert-OH is 1. The predicted molar refractivity (Wildman–Crippen MR) is 83.3 cm³/mol. The summed E-state index contributed by atoms with van der Waals surface area (Å²) in [5.74, 6) is -0.918. The number of rotatable bonds is 4. The molecule has 0 unspecified atom stereocenters. The Morgan fingerprint density at radius 3 is 2.83 bits per heavy atom. The van der Waals surface area contributed by atoms with Crippen LogP contribution in [-0.2, 0) is 10.3 Å². The second-order valence-electron chi connectivity index (χ2n) is 5.55. The van der Waals surface area contributed by atoms with E-state index in [1.807, 2.05) is 5.38 Å². The van der Waals surface area contributed by atoms with Crippen LogP contribution in [-0.4, -0.2) is 28.5 Å². The van der Waals surface area contributed by atoms with Crippen molar-refractivity contribution in [2.45, 2.75) is 18.6 Å². The van der Waals surface area contributed by atoms with Crippen LogP contribution in [0.15, 0.2) is 41.1 Å². The number of nitrogens with zero attached hydrogens (tertiary/aromatic N) is 1. The summed E-state index contributed by atoms with van der Waals surface area (Å²) in [6, 6.07) is 6.66. The van der Waals surface area contributed by atoms with Crippen molar-refractivity contribution in [2.75, 3.05) is 6.54 Å². The zero-order valence-electron chi connectivity index (χ0n) is 12.3. The zero-order chi connectivity index (χ0) is 16.6. The molecule has 2 aromatic rings. The van der Waals surface area contributed by atoms with Gasteiger partial charge in [0.25, 0.3) is 5.91 Å². The van der Waals surface area contributed by atoms with Crippen molar-refractivity contribution in [1.82, 2.24) is 10.2 Å². The second-order valence-corrected chi connectivity index (χ2v) is 6.33. The van der Waals surface area contributed by atoms with Crippen molar-refractivity contribution in [2.24, 2.45) is 0 Å². The van der Waals surface area contributed by atoms with Crippen LogP contribution >= 0.6 is 11.3 Å². The summed E-state index contributed by atoms with van der Waals surface area (Å²) in [5.41, 5.74) is -0.128. The third-order valence-electron chi connectivity index (χ3n) is 3.96. The largest absolute Gasteiger partial charge is 0.387 e. The van der Waals surface area contributed by atoms with E-state index in [1.165, 1.54) is 29.5 Å². The molecular formula is C16H15FN2O3S. The number of halogens is 1. The Labute approximate surface area is 136 Å². The number of thiophene rings is 1. The van der Waals surface area contributed by atoms with E-state index in [0.717, 1.165) is 4.90 Å². The fourth-order valence-corrected chi connectivity index (χ4v) is 3.36. The summed E-state index contributed by atoms with van der Waals surface area (Å²) in [5, 5.41) is 16.5.